The number of fused-ring (bicyclic) bond motifs is 1. The van der Waals surface area contributed by atoms with Crippen LogP contribution in [0.3, 0.4) is 0 Å². The molecule has 1 amide bonds. The summed E-state index contributed by atoms with van der Waals surface area (Å²) >= 11 is 2.54. The molecule has 0 aliphatic heterocycles. The van der Waals surface area contributed by atoms with Gasteiger partial charge < -0.3 is 10.1 Å². The highest BCUT2D eigenvalue weighted by Crippen LogP contribution is 2.29. The van der Waals surface area contributed by atoms with Gasteiger partial charge in [0.2, 0.25) is 5.91 Å². The fourth-order valence-corrected chi connectivity index (χ4v) is 5.84. The molecule has 0 aliphatic rings. The summed E-state index contributed by atoms with van der Waals surface area (Å²) in [6, 6.07) is 15.6. The van der Waals surface area contributed by atoms with Gasteiger partial charge in [0.05, 0.1) is 23.2 Å². The minimum absolute atomic E-state index is 0.151. The van der Waals surface area contributed by atoms with Crippen LogP contribution in [0.5, 0.6) is 5.75 Å². The van der Waals surface area contributed by atoms with E-state index in [1.54, 1.807) is 41.8 Å². The predicted molar refractivity (Wildman–Crippen MR) is 125 cm³/mol. The number of rotatable bonds is 8. The fourth-order valence-electron chi connectivity index (χ4n) is 2.88. The van der Waals surface area contributed by atoms with E-state index in [9.17, 15) is 13.2 Å². The van der Waals surface area contributed by atoms with Crippen molar-refractivity contribution in [3.63, 3.8) is 0 Å². The minimum Gasteiger partial charge on any atom is -0.494 e. The smallest absolute Gasteiger partial charge is 0.271 e. The number of ether oxygens (including phenoxy) is 1. The highest BCUT2D eigenvalue weighted by molar-refractivity contribution is 7.94. The van der Waals surface area contributed by atoms with Gasteiger partial charge in [0.25, 0.3) is 10.0 Å². The van der Waals surface area contributed by atoms with Gasteiger partial charge in [-0.25, -0.2) is 13.4 Å². The van der Waals surface area contributed by atoms with Crippen molar-refractivity contribution in [2.24, 2.45) is 0 Å². The monoisotopic (exact) mass is 473 g/mol. The van der Waals surface area contributed by atoms with Crippen LogP contribution in [0.15, 0.2) is 64.2 Å². The molecule has 7 nitrogen and oxygen atoms in total. The molecule has 0 atom stereocenters. The Bertz CT molecular complexity index is 1300. The number of hydrogen-bond acceptors (Lipinski definition) is 7. The Morgan fingerprint density at radius 1 is 1.13 bits per heavy atom. The first-order chi connectivity index (χ1) is 14.9. The standard InChI is InChI=1S/C21H19N3O4S3/c1-2-28-16-9-10-17-18(13-16)30-21(22-17)23-19(25)12-14-5-7-15(8-6-14)24-31(26,27)20-4-3-11-29-20/h3-11,13,24H,2,12H2,1H3,(H,22,23,25). The molecule has 0 radical (unpaired) electrons. The number of nitrogens with one attached hydrogen (secondary N) is 2. The van der Waals surface area contributed by atoms with Crippen LogP contribution in [0.4, 0.5) is 10.8 Å². The molecule has 2 aromatic heterocycles. The van der Waals surface area contributed by atoms with E-state index >= 15 is 0 Å². The molecule has 0 bridgehead atoms. The Hall–Kier alpha value is -2.95. The van der Waals surface area contributed by atoms with Crippen molar-refractivity contribution in [1.29, 1.82) is 0 Å². The van der Waals surface area contributed by atoms with Gasteiger partial charge in [-0.15, -0.1) is 11.3 Å². The van der Waals surface area contributed by atoms with Crippen LogP contribution in [-0.4, -0.2) is 25.9 Å². The van der Waals surface area contributed by atoms with Crippen molar-refractivity contribution in [3.8, 4) is 5.75 Å². The number of carbonyl (C=O) groups excluding carboxylic acids is 1. The second-order valence-corrected chi connectivity index (χ2v) is 10.4. The molecule has 2 heterocycles. The number of thiazole rings is 1. The topological polar surface area (TPSA) is 97.4 Å². The third-order valence-electron chi connectivity index (χ3n) is 4.25. The van der Waals surface area contributed by atoms with Crippen LogP contribution in [0.25, 0.3) is 10.2 Å². The highest BCUT2D eigenvalue weighted by atomic mass is 32.2. The molecule has 10 heteroatoms. The second-order valence-electron chi connectivity index (χ2n) is 6.54. The van der Waals surface area contributed by atoms with E-state index in [0.29, 0.717) is 17.4 Å². The van der Waals surface area contributed by atoms with E-state index in [1.165, 1.54) is 11.3 Å². The van der Waals surface area contributed by atoms with Crippen LogP contribution >= 0.6 is 22.7 Å². The van der Waals surface area contributed by atoms with Gasteiger partial charge in [0.15, 0.2) is 5.13 Å². The number of benzene rings is 2. The molecular formula is C21H19N3O4S3. The van der Waals surface area contributed by atoms with Crippen molar-refractivity contribution in [3.05, 3.63) is 65.5 Å². The summed E-state index contributed by atoms with van der Waals surface area (Å²) < 4.78 is 33.8. The van der Waals surface area contributed by atoms with Crippen LogP contribution in [-0.2, 0) is 21.2 Å². The first-order valence-corrected chi connectivity index (χ1v) is 12.6. The van der Waals surface area contributed by atoms with Crippen molar-refractivity contribution >= 4 is 59.6 Å². The average molecular weight is 474 g/mol. The van der Waals surface area contributed by atoms with E-state index in [-0.39, 0.29) is 16.5 Å². The first-order valence-electron chi connectivity index (χ1n) is 9.41. The van der Waals surface area contributed by atoms with Crippen LogP contribution in [0.1, 0.15) is 12.5 Å². The van der Waals surface area contributed by atoms with E-state index < -0.39 is 10.0 Å². The van der Waals surface area contributed by atoms with Crippen LogP contribution in [0, 0.1) is 0 Å². The van der Waals surface area contributed by atoms with Gasteiger partial charge in [-0.1, -0.05) is 29.5 Å². The molecule has 0 saturated carbocycles. The number of nitrogens with zero attached hydrogens (tertiary/aromatic N) is 1. The molecule has 2 aromatic carbocycles. The number of anilines is 2. The van der Waals surface area contributed by atoms with Crippen molar-refractivity contribution in [2.45, 2.75) is 17.6 Å². The lowest BCUT2D eigenvalue weighted by atomic mass is 10.1. The number of carbonyl (C=O) groups is 1. The van der Waals surface area contributed by atoms with Crippen molar-refractivity contribution in [1.82, 2.24) is 4.98 Å². The summed E-state index contributed by atoms with van der Waals surface area (Å²) in [5.41, 5.74) is 2.00. The zero-order valence-electron chi connectivity index (χ0n) is 16.5. The second kappa shape index (κ2) is 9.04. The van der Waals surface area contributed by atoms with Gasteiger partial charge in [-0.3, -0.25) is 9.52 Å². The Labute approximate surface area is 187 Å². The molecule has 0 aliphatic carbocycles. The number of amides is 1. The fraction of sp³-hybridized carbons (Fsp3) is 0.143. The SMILES string of the molecule is CCOc1ccc2nc(NC(=O)Cc3ccc(NS(=O)(=O)c4cccs4)cc3)sc2c1. The van der Waals surface area contributed by atoms with Crippen molar-refractivity contribution < 1.29 is 17.9 Å². The molecule has 0 fully saturated rings. The largest absolute Gasteiger partial charge is 0.494 e. The molecule has 4 rings (SSSR count). The maximum Gasteiger partial charge on any atom is 0.271 e. The summed E-state index contributed by atoms with van der Waals surface area (Å²) in [6.07, 6.45) is 0.151. The summed E-state index contributed by atoms with van der Waals surface area (Å²) in [4.78, 5) is 16.8. The summed E-state index contributed by atoms with van der Waals surface area (Å²) in [7, 11) is -3.59. The molecule has 0 unspecified atom stereocenters. The Kier molecular flexibility index (Phi) is 6.21. The van der Waals surface area contributed by atoms with E-state index in [2.05, 4.69) is 15.0 Å². The Balaban J connectivity index is 1.38. The Morgan fingerprint density at radius 3 is 2.65 bits per heavy atom. The van der Waals surface area contributed by atoms with Crippen LogP contribution < -0.4 is 14.8 Å². The third kappa shape index (κ3) is 5.22. The van der Waals surface area contributed by atoms with Gasteiger partial charge in [-0.05, 0) is 54.3 Å². The zero-order valence-corrected chi connectivity index (χ0v) is 18.9. The molecule has 4 aromatic rings. The van der Waals surface area contributed by atoms with Gasteiger partial charge in [0, 0.05) is 5.69 Å². The van der Waals surface area contributed by atoms with E-state index in [1.807, 2.05) is 25.1 Å². The number of hydrogen-bond donors (Lipinski definition) is 2. The van der Waals surface area contributed by atoms with E-state index in [0.717, 1.165) is 32.9 Å². The minimum atomic E-state index is -3.59. The number of aromatic nitrogens is 1. The number of sulfonamides is 1. The van der Waals surface area contributed by atoms with Gasteiger partial charge >= 0.3 is 0 Å². The third-order valence-corrected chi connectivity index (χ3v) is 7.96. The molecule has 0 spiro atoms. The van der Waals surface area contributed by atoms with E-state index in [4.69, 9.17) is 4.74 Å². The maximum atomic E-state index is 12.4. The van der Waals surface area contributed by atoms with Gasteiger partial charge in [-0.2, -0.15) is 0 Å². The molecule has 2 N–H and O–H groups in total. The maximum absolute atomic E-state index is 12.4. The van der Waals surface area contributed by atoms with Crippen molar-refractivity contribution in [2.75, 3.05) is 16.6 Å². The van der Waals surface area contributed by atoms with Gasteiger partial charge in [0.1, 0.15) is 9.96 Å². The Morgan fingerprint density at radius 2 is 1.94 bits per heavy atom. The zero-order chi connectivity index (χ0) is 21.8. The summed E-state index contributed by atoms with van der Waals surface area (Å²) in [5.74, 6) is 0.572. The normalized spacial score (nSPS) is 11.4. The number of thiophene rings is 1. The first kappa shape index (κ1) is 21.3. The molecule has 31 heavy (non-hydrogen) atoms. The van der Waals surface area contributed by atoms with Crippen LogP contribution in [0.2, 0.25) is 0 Å². The summed E-state index contributed by atoms with van der Waals surface area (Å²) in [6.45, 7) is 2.51. The highest BCUT2D eigenvalue weighted by Gasteiger charge is 2.15. The average Bonchev–Trinajstić information content (AvgIpc) is 3.39. The molecule has 160 valence electrons. The summed E-state index contributed by atoms with van der Waals surface area (Å²) in [5, 5.41) is 5.05. The quantitative estimate of drug-likeness (QED) is 0.385. The predicted octanol–water partition coefficient (Wildman–Crippen LogP) is 4.74. The lowest BCUT2D eigenvalue weighted by Gasteiger charge is -2.07. The molecule has 0 saturated heterocycles. The lowest BCUT2D eigenvalue weighted by molar-refractivity contribution is -0.115. The molecular weight excluding hydrogens is 454 g/mol. The lowest BCUT2D eigenvalue weighted by Crippen LogP contribution is -2.14.